The Morgan fingerprint density at radius 3 is 2.29 bits per heavy atom. The molecule has 0 aliphatic heterocycles. The van der Waals surface area contributed by atoms with E-state index < -0.39 is 10.0 Å². The van der Waals surface area contributed by atoms with Gasteiger partial charge in [-0.25, -0.2) is 17.4 Å². The average molecular weight is 489 g/mol. The summed E-state index contributed by atoms with van der Waals surface area (Å²) in [7, 11) is -3.82. The van der Waals surface area contributed by atoms with Crippen LogP contribution in [0, 0.1) is 0 Å². The summed E-state index contributed by atoms with van der Waals surface area (Å²) in [5.41, 5.74) is 3.46. The summed E-state index contributed by atoms with van der Waals surface area (Å²) in [5, 5.41) is 0. The molecule has 1 heterocycles. The number of thioether (sulfide) groups is 1. The van der Waals surface area contributed by atoms with Crippen LogP contribution in [0.1, 0.15) is 55.0 Å². The van der Waals surface area contributed by atoms with Crippen molar-refractivity contribution in [1.29, 1.82) is 0 Å². The highest BCUT2D eigenvalue weighted by molar-refractivity contribution is 7.98. The molecule has 0 atom stereocenters. The topological polar surface area (TPSA) is 52.0 Å². The molecule has 1 aliphatic carbocycles. The molecule has 3 aromatic carbocycles. The normalized spacial score (nSPS) is 15.3. The lowest BCUT2D eigenvalue weighted by Gasteiger charge is -2.22. The van der Waals surface area contributed by atoms with E-state index in [1.54, 1.807) is 36.0 Å². The molecule has 5 rings (SSSR count). The zero-order chi connectivity index (χ0) is 23.5. The van der Waals surface area contributed by atoms with Gasteiger partial charge in [0, 0.05) is 4.90 Å². The Kier molecular flexibility index (Phi) is 6.61. The van der Waals surface area contributed by atoms with Crippen LogP contribution in [0.25, 0.3) is 23.2 Å². The van der Waals surface area contributed by atoms with Crippen molar-refractivity contribution in [2.75, 3.05) is 6.26 Å². The molecule has 0 radical (unpaired) electrons. The third kappa shape index (κ3) is 4.57. The Morgan fingerprint density at radius 2 is 1.59 bits per heavy atom. The summed E-state index contributed by atoms with van der Waals surface area (Å²) in [6.45, 7) is 0. The molecule has 4 aromatic rings. The minimum Gasteiger partial charge on any atom is -0.228 e. The number of imidazole rings is 1. The SMILES string of the molecule is CSc1ccc(/C=C/c2nc3ccccc3n2S(=O)(=O)c2ccc(C3CCCCC3)cc2)cc1. The van der Waals surface area contributed by atoms with E-state index in [0.717, 1.165) is 5.56 Å². The third-order valence-electron chi connectivity index (χ3n) is 6.58. The number of hydrogen-bond donors (Lipinski definition) is 0. The second kappa shape index (κ2) is 9.80. The van der Waals surface area contributed by atoms with Crippen LogP contribution < -0.4 is 0 Å². The predicted octanol–water partition coefficient (Wildman–Crippen LogP) is 7.21. The molecular formula is C28H28N2O2S2. The lowest BCUT2D eigenvalue weighted by Crippen LogP contribution is -2.15. The third-order valence-corrected chi connectivity index (χ3v) is 9.06. The first-order valence-corrected chi connectivity index (χ1v) is 14.4. The number of fused-ring (bicyclic) bond motifs is 1. The van der Waals surface area contributed by atoms with Crippen LogP contribution in [0.2, 0.25) is 0 Å². The van der Waals surface area contributed by atoms with Crippen molar-refractivity contribution in [3.8, 4) is 0 Å². The van der Waals surface area contributed by atoms with Gasteiger partial charge in [-0.2, -0.15) is 0 Å². The molecular weight excluding hydrogens is 460 g/mol. The minimum absolute atomic E-state index is 0.286. The van der Waals surface area contributed by atoms with E-state index in [4.69, 9.17) is 0 Å². The van der Waals surface area contributed by atoms with Crippen molar-refractivity contribution in [1.82, 2.24) is 8.96 Å². The van der Waals surface area contributed by atoms with Gasteiger partial charge < -0.3 is 0 Å². The molecule has 4 nitrogen and oxygen atoms in total. The number of rotatable bonds is 6. The molecule has 0 amide bonds. The molecule has 0 unspecified atom stereocenters. The van der Waals surface area contributed by atoms with Gasteiger partial charge in [-0.15, -0.1) is 11.8 Å². The van der Waals surface area contributed by atoms with E-state index in [1.165, 1.54) is 46.5 Å². The molecule has 0 spiro atoms. The highest BCUT2D eigenvalue weighted by Gasteiger charge is 2.24. The summed E-state index contributed by atoms with van der Waals surface area (Å²) >= 11 is 1.69. The Hall–Kier alpha value is -2.83. The second-order valence-corrected chi connectivity index (χ2v) is 11.4. The smallest absolute Gasteiger partial charge is 0.228 e. The fourth-order valence-electron chi connectivity index (χ4n) is 4.72. The van der Waals surface area contributed by atoms with Crippen molar-refractivity contribution in [2.45, 2.75) is 47.8 Å². The summed E-state index contributed by atoms with van der Waals surface area (Å²) in [6.07, 6.45) is 11.9. The first-order valence-electron chi connectivity index (χ1n) is 11.7. The van der Waals surface area contributed by atoms with Gasteiger partial charge in [-0.1, -0.05) is 61.7 Å². The van der Waals surface area contributed by atoms with Crippen LogP contribution in [0.4, 0.5) is 0 Å². The zero-order valence-electron chi connectivity index (χ0n) is 19.2. The Morgan fingerprint density at radius 1 is 0.882 bits per heavy atom. The van der Waals surface area contributed by atoms with E-state index in [9.17, 15) is 8.42 Å². The highest BCUT2D eigenvalue weighted by Crippen LogP contribution is 2.33. The van der Waals surface area contributed by atoms with E-state index in [-0.39, 0.29) is 4.90 Å². The highest BCUT2D eigenvalue weighted by atomic mass is 32.2. The van der Waals surface area contributed by atoms with Crippen LogP contribution in [-0.2, 0) is 10.0 Å². The fraction of sp³-hybridized carbons (Fsp3) is 0.250. The van der Waals surface area contributed by atoms with Crippen molar-refractivity contribution in [3.63, 3.8) is 0 Å². The molecule has 6 heteroatoms. The van der Waals surface area contributed by atoms with Gasteiger partial charge in [-0.3, -0.25) is 0 Å². The zero-order valence-corrected chi connectivity index (χ0v) is 20.9. The number of para-hydroxylation sites is 2. The predicted molar refractivity (Wildman–Crippen MR) is 142 cm³/mol. The molecule has 0 bridgehead atoms. The van der Waals surface area contributed by atoms with Crippen molar-refractivity contribution in [2.24, 2.45) is 0 Å². The molecule has 34 heavy (non-hydrogen) atoms. The van der Waals surface area contributed by atoms with Gasteiger partial charge in [0.25, 0.3) is 10.0 Å². The molecule has 0 saturated heterocycles. The maximum absolute atomic E-state index is 13.8. The standard InChI is InChI=1S/C28H28N2O2S2/c1-33-24-16-11-21(12-17-24)13-20-28-29-26-9-5-6-10-27(26)30(28)34(31,32)25-18-14-23(15-19-25)22-7-3-2-4-8-22/h5-6,9-20,22H,2-4,7-8H2,1H3/b20-13+. The first-order chi connectivity index (χ1) is 16.6. The van der Waals surface area contributed by atoms with E-state index in [2.05, 4.69) is 17.1 Å². The van der Waals surface area contributed by atoms with Gasteiger partial charge in [-0.05, 0) is 78.6 Å². The molecule has 0 N–H and O–H groups in total. The first kappa shape index (κ1) is 22.9. The Balaban J connectivity index is 1.53. The molecule has 174 valence electrons. The van der Waals surface area contributed by atoms with E-state index in [0.29, 0.717) is 22.8 Å². The van der Waals surface area contributed by atoms with Gasteiger partial charge in [0.2, 0.25) is 0 Å². The summed E-state index contributed by atoms with van der Waals surface area (Å²) in [6, 6.07) is 23.0. The number of benzene rings is 3. The maximum atomic E-state index is 13.8. The summed E-state index contributed by atoms with van der Waals surface area (Å²) in [4.78, 5) is 6.11. The second-order valence-electron chi connectivity index (χ2n) is 8.74. The Bertz CT molecular complexity index is 1410. The number of hydrogen-bond acceptors (Lipinski definition) is 4. The monoisotopic (exact) mass is 488 g/mol. The van der Waals surface area contributed by atoms with E-state index >= 15 is 0 Å². The quantitative estimate of drug-likeness (QED) is 0.269. The molecule has 1 aromatic heterocycles. The van der Waals surface area contributed by atoms with Crippen molar-refractivity contribution in [3.05, 3.63) is 89.7 Å². The van der Waals surface area contributed by atoms with Gasteiger partial charge >= 0.3 is 0 Å². The molecule has 1 fully saturated rings. The largest absolute Gasteiger partial charge is 0.269 e. The summed E-state index contributed by atoms with van der Waals surface area (Å²) in [5.74, 6) is 0.932. The summed E-state index contributed by atoms with van der Waals surface area (Å²) < 4.78 is 29.0. The number of aromatic nitrogens is 2. The van der Waals surface area contributed by atoms with E-state index in [1.807, 2.05) is 54.8 Å². The van der Waals surface area contributed by atoms with Gasteiger partial charge in [0.15, 0.2) is 0 Å². The minimum atomic E-state index is -3.82. The number of nitrogens with zero attached hydrogens (tertiary/aromatic N) is 2. The molecule has 1 aliphatic rings. The maximum Gasteiger partial charge on any atom is 0.269 e. The lowest BCUT2D eigenvalue weighted by molar-refractivity contribution is 0.443. The van der Waals surface area contributed by atoms with Crippen molar-refractivity contribution >= 4 is 45.0 Å². The molecule has 1 saturated carbocycles. The van der Waals surface area contributed by atoms with Gasteiger partial charge in [0.05, 0.1) is 15.9 Å². The van der Waals surface area contributed by atoms with Crippen LogP contribution >= 0.6 is 11.8 Å². The fourth-order valence-corrected chi connectivity index (χ4v) is 6.58. The Labute approximate surface area is 205 Å². The van der Waals surface area contributed by atoms with Crippen LogP contribution in [0.5, 0.6) is 0 Å². The lowest BCUT2D eigenvalue weighted by atomic mass is 9.84. The average Bonchev–Trinajstić information content (AvgIpc) is 3.28. The van der Waals surface area contributed by atoms with Crippen LogP contribution in [0.3, 0.4) is 0 Å². The van der Waals surface area contributed by atoms with Gasteiger partial charge in [0.1, 0.15) is 5.82 Å². The van der Waals surface area contributed by atoms with Crippen molar-refractivity contribution < 1.29 is 8.42 Å². The van der Waals surface area contributed by atoms with Crippen LogP contribution in [-0.4, -0.2) is 23.6 Å². The van der Waals surface area contributed by atoms with Crippen LogP contribution in [0.15, 0.2) is 82.6 Å².